The summed E-state index contributed by atoms with van der Waals surface area (Å²) in [4.78, 5) is 0. The van der Waals surface area contributed by atoms with Crippen molar-refractivity contribution in [2.45, 2.75) is 50.1 Å². The third-order valence-electron chi connectivity index (χ3n) is 6.02. The van der Waals surface area contributed by atoms with Gasteiger partial charge in [0, 0.05) is 31.4 Å². The highest BCUT2D eigenvalue weighted by Crippen LogP contribution is 2.44. The van der Waals surface area contributed by atoms with Gasteiger partial charge in [-0.2, -0.15) is 0 Å². The Balaban J connectivity index is 1.59. The number of hydrogen-bond acceptors (Lipinski definition) is 7. The van der Waals surface area contributed by atoms with Crippen LogP contribution in [-0.2, 0) is 17.6 Å². The number of aliphatic hydroxyl groups is 4. The lowest BCUT2D eigenvalue weighted by Crippen LogP contribution is -2.47. The van der Waals surface area contributed by atoms with Gasteiger partial charge < -0.3 is 34.6 Å². The molecular formula is C24H29ClO7. The van der Waals surface area contributed by atoms with E-state index >= 15 is 0 Å². The summed E-state index contributed by atoms with van der Waals surface area (Å²) >= 11 is 6.69. The van der Waals surface area contributed by atoms with Gasteiger partial charge >= 0.3 is 0 Å². The second-order valence-corrected chi connectivity index (χ2v) is 8.61. The molecule has 2 heterocycles. The van der Waals surface area contributed by atoms with E-state index in [1.165, 1.54) is 0 Å². The van der Waals surface area contributed by atoms with Crippen molar-refractivity contribution in [1.29, 1.82) is 0 Å². The van der Waals surface area contributed by atoms with Crippen LogP contribution in [0, 0.1) is 0 Å². The molecule has 1 saturated heterocycles. The molecule has 0 aromatic heterocycles. The van der Waals surface area contributed by atoms with Crippen molar-refractivity contribution in [2.24, 2.45) is 0 Å². The Morgan fingerprint density at radius 1 is 1.12 bits per heavy atom. The third-order valence-corrected chi connectivity index (χ3v) is 6.43. The first kappa shape index (κ1) is 23.3. The molecule has 1 fully saturated rings. The number of benzene rings is 2. The van der Waals surface area contributed by atoms with Gasteiger partial charge in [0.2, 0.25) is 0 Å². The molecule has 0 bridgehead atoms. The summed E-state index contributed by atoms with van der Waals surface area (Å²) in [5.74, 6) is 1.39. The molecule has 4 rings (SSSR count). The Labute approximate surface area is 192 Å². The second-order valence-electron chi connectivity index (χ2n) is 8.23. The quantitative estimate of drug-likeness (QED) is 0.443. The molecular weight excluding hydrogens is 436 g/mol. The second kappa shape index (κ2) is 10.4. The van der Waals surface area contributed by atoms with E-state index in [9.17, 15) is 15.3 Å². The zero-order valence-corrected chi connectivity index (χ0v) is 18.5. The monoisotopic (exact) mass is 464 g/mol. The van der Waals surface area contributed by atoms with Crippen molar-refractivity contribution in [1.82, 2.24) is 0 Å². The Hall–Kier alpha value is -1.87. The first-order valence-corrected chi connectivity index (χ1v) is 11.3. The van der Waals surface area contributed by atoms with E-state index in [4.69, 9.17) is 30.9 Å². The summed E-state index contributed by atoms with van der Waals surface area (Å²) < 4.78 is 17.4. The molecule has 0 aliphatic carbocycles. The number of aliphatic hydroxyl groups excluding tert-OH is 4. The van der Waals surface area contributed by atoms with Crippen molar-refractivity contribution >= 4 is 11.6 Å². The van der Waals surface area contributed by atoms with E-state index in [2.05, 4.69) is 0 Å². The normalized spacial score (nSPS) is 24.8. The standard InChI is InChI=1S/C24H29ClO7/c25-22-15(10-14-2-4-16(5-3-14)30-8-1-7-26)11-18(17-6-9-31-24(17)22)20-12-19(28)23(29)21(13-27)32-20/h2-5,11,19-21,23,26-29H,1,6-10,12-13H2/t19-,20-,21-,23+/m1/s1. The lowest BCUT2D eigenvalue weighted by Gasteiger charge is -2.37. The zero-order chi connectivity index (χ0) is 22.7. The molecule has 2 aliphatic heterocycles. The molecule has 32 heavy (non-hydrogen) atoms. The highest BCUT2D eigenvalue weighted by molar-refractivity contribution is 6.33. The fourth-order valence-electron chi connectivity index (χ4n) is 4.31. The molecule has 4 atom stereocenters. The van der Waals surface area contributed by atoms with Crippen molar-refractivity contribution in [3.05, 3.63) is 57.6 Å². The topological polar surface area (TPSA) is 109 Å². The predicted octanol–water partition coefficient (Wildman–Crippen LogP) is 2.17. The summed E-state index contributed by atoms with van der Waals surface area (Å²) in [6.45, 7) is 0.705. The van der Waals surface area contributed by atoms with Gasteiger partial charge in [-0.1, -0.05) is 29.8 Å². The Kier molecular flexibility index (Phi) is 7.55. The summed E-state index contributed by atoms with van der Waals surface area (Å²) in [6.07, 6.45) is -1.36. The number of fused-ring (bicyclic) bond motifs is 1. The van der Waals surface area contributed by atoms with Gasteiger partial charge in [-0.05, 0) is 35.2 Å². The van der Waals surface area contributed by atoms with Gasteiger partial charge in [-0.25, -0.2) is 0 Å². The van der Waals surface area contributed by atoms with Crippen LogP contribution in [-0.4, -0.2) is 65.2 Å². The Morgan fingerprint density at radius 3 is 2.62 bits per heavy atom. The SMILES string of the molecule is OCCCOc1ccc(Cc2cc([C@H]3C[C@@H](O)[C@H](O)[C@@H](CO)O3)c3c(c2Cl)OCC3)cc1. The van der Waals surface area contributed by atoms with E-state index in [-0.39, 0.29) is 19.6 Å². The van der Waals surface area contributed by atoms with Gasteiger partial charge in [0.15, 0.2) is 0 Å². The smallest absolute Gasteiger partial charge is 0.141 e. The molecule has 0 unspecified atom stereocenters. The minimum atomic E-state index is -1.12. The molecule has 8 heteroatoms. The van der Waals surface area contributed by atoms with Crippen LogP contribution in [0.2, 0.25) is 5.02 Å². The highest BCUT2D eigenvalue weighted by Gasteiger charge is 2.39. The number of rotatable bonds is 8. The lowest BCUT2D eigenvalue weighted by atomic mass is 9.89. The number of hydrogen-bond donors (Lipinski definition) is 4. The summed E-state index contributed by atoms with van der Waals surface area (Å²) in [7, 11) is 0. The molecule has 0 saturated carbocycles. The minimum Gasteiger partial charge on any atom is -0.494 e. The highest BCUT2D eigenvalue weighted by atomic mass is 35.5. The molecule has 0 spiro atoms. The largest absolute Gasteiger partial charge is 0.494 e. The third kappa shape index (κ3) is 4.88. The van der Waals surface area contributed by atoms with Crippen molar-refractivity contribution in [2.75, 3.05) is 26.4 Å². The predicted molar refractivity (Wildman–Crippen MR) is 118 cm³/mol. The van der Waals surface area contributed by atoms with Gasteiger partial charge in [-0.3, -0.25) is 0 Å². The number of ether oxygens (including phenoxy) is 3. The Morgan fingerprint density at radius 2 is 1.91 bits per heavy atom. The maximum absolute atomic E-state index is 10.3. The van der Waals surface area contributed by atoms with Crippen LogP contribution >= 0.6 is 11.6 Å². The molecule has 2 aromatic rings. The van der Waals surface area contributed by atoms with E-state index in [0.29, 0.717) is 43.2 Å². The van der Waals surface area contributed by atoms with Gasteiger partial charge in [0.1, 0.15) is 23.7 Å². The van der Waals surface area contributed by atoms with Gasteiger partial charge in [-0.15, -0.1) is 0 Å². The summed E-state index contributed by atoms with van der Waals surface area (Å²) in [5, 5.41) is 39.4. The van der Waals surface area contributed by atoms with E-state index < -0.39 is 24.4 Å². The first-order valence-electron chi connectivity index (χ1n) is 10.9. The molecule has 4 N–H and O–H groups in total. The fraction of sp³-hybridized carbons (Fsp3) is 0.500. The van der Waals surface area contributed by atoms with Crippen LogP contribution in [0.5, 0.6) is 11.5 Å². The van der Waals surface area contributed by atoms with Crippen LogP contribution in [0.4, 0.5) is 0 Å². The summed E-state index contributed by atoms with van der Waals surface area (Å²) in [6, 6.07) is 9.71. The van der Waals surface area contributed by atoms with Crippen LogP contribution in [0.15, 0.2) is 30.3 Å². The van der Waals surface area contributed by atoms with Crippen LogP contribution in [0.25, 0.3) is 0 Å². The van der Waals surface area contributed by atoms with E-state index in [1.807, 2.05) is 30.3 Å². The lowest BCUT2D eigenvalue weighted by molar-refractivity contribution is -0.181. The van der Waals surface area contributed by atoms with Gasteiger partial charge in [0.25, 0.3) is 0 Å². The molecule has 2 aliphatic rings. The first-order chi connectivity index (χ1) is 15.5. The maximum Gasteiger partial charge on any atom is 0.141 e. The number of halogens is 1. The van der Waals surface area contributed by atoms with Gasteiger partial charge in [0.05, 0.1) is 37.1 Å². The maximum atomic E-state index is 10.3. The van der Waals surface area contributed by atoms with Crippen molar-refractivity contribution in [3.63, 3.8) is 0 Å². The Bertz CT molecular complexity index is 918. The van der Waals surface area contributed by atoms with E-state index in [0.717, 1.165) is 28.0 Å². The minimum absolute atomic E-state index is 0.0963. The fourth-order valence-corrected chi connectivity index (χ4v) is 4.60. The van der Waals surface area contributed by atoms with Crippen molar-refractivity contribution < 1.29 is 34.6 Å². The van der Waals surface area contributed by atoms with Crippen LogP contribution < -0.4 is 9.47 Å². The average molecular weight is 465 g/mol. The summed E-state index contributed by atoms with van der Waals surface area (Å²) in [5.41, 5.74) is 3.75. The molecule has 0 amide bonds. The zero-order valence-electron chi connectivity index (χ0n) is 17.7. The molecule has 174 valence electrons. The van der Waals surface area contributed by atoms with Crippen LogP contribution in [0.3, 0.4) is 0 Å². The average Bonchev–Trinajstić information content (AvgIpc) is 3.29. The van der Waals surface area contributed by atoms with Crippen LogP contribution in [0.1, 0.15) is 41.2 Å². The molecule has 0 radical (unpaired) electrons. The molecule has 7 nitrogen and oxygen atoms in total. The van der Waals surface area contributed by atoms with E-state index in [1.54, 1.807) is 0 Å². The molecule has 2 aromatic carbocycles. The van der Waals surface area contributed by atoms with Crippen molar-refractivity contribution in [3.8, 4) is 11.5 Å².